The number of ether oxygens (including phenoxy) is 1. The average Bonchev–Trinajstić information content (AvgIpc) is 2.61. The number of hydrazone groups is 1. The molecule has 0 amide bonds. The van der Waals surface area contributed by atoms with Gasteiger partial charge in [-0.2, -0.15) is 5.10 Å². The van der Waals surface area contributed by atoms with Crippen molar-refractivity contribution in [1.82, 2.24) is 0 Å². The van der Waals surface area contributed by atoms with Gasteiger partial charge in [-0.3, -0.25) is 5.43 Å². The molecule has 5 heteroatoms. The van der Waals surface area contributed by atoms with E-state index in [-0.39, 0.29) is 12.4 Å². The molecule has 0 saturated heterocycles. The molecule has 0 aliphatic heterocycles. The minimum Gasteiger partial charge on any atom is -0.396 e. The van der Waals surface area contributed by atoms with Crippen LogP contribution in [0.4, 0.5) is 10.1 Å². The van der Waals surface area contributed by atoms with Crippen LogP contribution in [-0.2, 0) is 17.8 Å². The Balaban J connectivity index is 1.85. The molecule has 0 radical (unpaired) electrons. The summed E-state index contributed by atoms with van der Waals surface area (Å²) in [5.41, 5.74) is 5.16. The third-order valence-corrected chi connectivity index (χ3v) is 3.49. The number of aliphatic hydroxyl groups is 1. The highest BCUT2D eigenvalue weighted by atomic mass is 19.1. The van der Waals surface area contributed by atoms with Crippen molar-refractivity contribution in [1.29, 1.82) is 0 Å². The van der Waals surface area contributed by atoms with Crippen LogP contribution in [0.3, 0.4) is 0 Å². The number of nitrogens with zero attached hydrogens (tertiary/aromatic N) is 1. The third-order valence-electron chi connectivity index (χ3n) is 3.49. The van der Waals surface area contributed by atoms with E-state index >= 15 is 0 Å². The summed E-state index contributed by atoms with van der Waals surface area (Å²) in [5.74, 6) is -0.270. The van der Waals surface area contributed by atoms with Crippen molar-refractivity contribution in [3.63, 3.8) is 0 Å². The second-order valence-electron chi connectivity index (χ2n) is 5.34. The zero-order valence-corrected chi connectivity index (χ0v) is 13.6. The van der Waals surface area contributed by atoms with Crippen molar-refractivity contribution >= 4 is 11.9 Å². The number of hydrogen-bond acceptors (Lipinski definition) is 4. The van der Waals surface area contributed by atoms with Crippen LogP contribution >= 0.6 is 0 Å². The van der Waals surface area contributed by atoms with Crippen molar-refractivity contribution in [2.24, 2.45) is 5.10 Å². The summed E-state index contributed by atoms with van der Waals surface area (Å²) in [4.78, 5) is 0. The monoisotopic (exact) mass is 330 g/mol. The van der Waals surface area contributed by atoms with Gasteiger partial charge in [0.15, 0.2) is 0 Å². The number of unbranched alkanes of at least 4 members (excludes halogenated alkanes) is 1. The molecule has 0 aromatic heterocycles. The SMILES string of the molecule is OCCCC=NNc1cccc(F)c1CCOCc1ccccc1. The third kappa shape index (κ3) is 6.10. The predicted molar refractivity (Wildman–Crippen MR) is 94.6 cm³/mol. The minimum absolute atomic E-state index is 0.135. The fraction of sp³-hybridized carbons (Fsp3) is 0.316. The van der Waals surface area contributed by atoms with Crippen LogP contribution in [0.1, 0.15) is 24.0 Å². The second kappa shape index (κ2) is 10.5. The molecular weight excluding hydrogens is 307 g/mol. The Morgan fingerprint density at radius 3 is 2.75 bits per heavy atom. The average molecular weight is 330 g/mol. The molecule has 0 aliphatic rings. The maximum Gasteiger partial charge on any atom is 0.128 e. The van der Waals surface area contributed by atoms with E-state index in [4.69, 9.17) is 9.84 Å². The van der Waals surface area contributed by atoms with E-state index in [1.165, 1.54) is 6.07 Å². The van der Waals surface area contributed by atoms with Gasteiger partial charge >= 0.3 is 0 Å². The highest BCUT2D eigenvalue weighted by Gasteiger charge is 2.08. The maximum absolute atomic E-state index is 14.0. The van der Waals surface area contributed by atoms with Crippen LogP contribution in [0, 0.1) is 5.82 Å². The Bertz CT molecular complexity index is 633. The van der Waals surface area contributed by atoms with Gasteiger partial charge in [-0.05, 0) is 30.5 Å². The fourth-order valence-electron chi connectivity index (χ4n) is 2.22. The van der Waals surface area contributed by atoms with E-state index in [9.17, 15) is 4.39 Å². The largest absolute Gasteiger partial charge is 0.396 e. The lowest BCUT2D eigenvalue weighted by molar-refractivity contribution is 0.123. The van der Waals surface area contributed by atoms with Crippen LogP contribution < -0.4 is 5.43 Å². The summed E-state index contributed by atoms with van der Waals surface area (Å²) >= 11 is 0. The summed E-state index contributed by atoms with van der Waals surface area (Å²) in [7, 11) is 0. The van der Waals surface area contributed by atoms with E-state index < -0.39 is 0 Å². The first-order chi connectivity index (χ1) is 11.8. The first-order valence-corrected chi connectivity index (χ1v) is 8.08. The maximum atomic E-state index is 14.0. The molecule has 24 heavy (non-hydrogen) atoms. The van der Waals surface area contributed by atoms with Gasteiger partial charge in [0.05, 0.1) is 18.9 Å². The number of rotatable bonds is 10. The number of halogens is 1. The van der Waals surface area contributed by atoms with E-state index in [1.807, 2.05) is 30.3 Å². The Hall–Kier alpha value is -2.24. The van der Waals surface area contributed by atoms with E-state index in [2.05, 4.69) is 10.5 Å². The van der Waals surface area contributed by atoms with Crippen LogP contribution in [0.5, 0.6) is 0 Å². The molecule has 2 aromatic rings. The van der Waals surface area contributed by atoms with Gasteiger partial charge in [-0.25, -0.2) is 4.39 Å². The van der Waals surface area contributed by atoms with Crippen molar-refractivity contribution in [2.45, 2.75) is 25.9 Å². The zero-order chi connectivity index (χ0) is 17.0. The molecule has 0 heterocycles. The highest BCUT2D eigenvalue weighted by Crippen LogP contribution is 2.20. The highest BCUT2D eigenvalue weighted by molar-refractivity contribution is 5.60. The Morgan fingerprint density at radius 1 is 1.12 bits per heavy atom. The van der Waals surface area contributed by atoms with E-state index in [1.54, 1.807) is 18.3 Å². The summed E-state index contributed by atoms with van der Waals surface area (Å²) in [6, 6.07) is 14.8. The molecule has 0 unspecified atom stereocenters. The molecule has 0 fully saturated rings. The summed E-state index contributed by atoms with van der Waals surface area (Å²) < 4.78 is 19.7. The van der Waals surface area contributed by atoms with Gasteiger partial charge in [0, 0.05) is 24.8 Å². The van der Waals surface area contributed by atoms with Gasteiger partial charge in [0.1, 0.15) is 5.82 Å². The normalized spacial score (nSPS) is 11.1. The Kier molecular flexibility index (Phi) is 7.93. The summed E-state index contributed by atoms with van der Waals surface area (Å²) in [6.45, 7) is 1.08. The number of benzene rings is 2. The Labute approximate surface area is 142 Å². The molecule has 0 saturated carbocycles. The molecule has 2 N–H and O–H groups in total. The molecule has 128 valence electrons. The van der Waals surface area contributed by atoms with Crippen LogP contribution in [0.25, 0.3) is 0 Å². The van der Waals surface area contributed by atoms with Crippen LogP contribution in [0.2, 0.25) is 0 Å². The van der Waals surface area contributed by atoms with Gasteiger partial charge in [0.2, 0.25) is 0 Å². The van der Waals surface area contributed by atoms with Crippen molar-refractivity contribution in [2.75, 3.05) is 18.6 Å². The quantitative estimate of drug-likeness (QED) is 0.396. The number of nitrogens with one attached hydrogen (secondary N) is 1. The van der Waals surface area contributed by atoms with Crippen LogP contribution in [0.15, 0.2) is 53.6 Å². The lowest BCUT2D eigenvalue weighted by Gasteiger charge is -2.10. The number of aliphatic hydroxyl groups excluding tert-OH is 1. The smallest absolute Gasteiger partial charge is 0.128 e. The molecule has 0 aliphatic carbocycles. The number of hydrogen-bond donors (Lipinski definition) is 2. The lowest BCUT2D eigenvalue weighted by atomic mass is 10.1. The first kappa shape index (κ1) is 18.1. The molecule has 0 spiro atoms. The van der Waals surface area contributed by atoms with Gasteiger partial charge in [-0.15, -0.1) is 0 Å². The van der Waals surface area contributed by atoms with Crippen molar-refractivity contribution in [3.8, 4) is 0 Å². The fourth-order valence-corrected chi connectivity index (χ4v) is 2.22. The van der Waals surface area contributed by atoms with Crippen molar-refractivity contribution in [3.05, 3.63) is 65.5 Å². The predicted octanol–water partition coefficient (Wildman–Crippen LogP) is 3.76. The van der Waals surface area contributed by atoms with Crippen molar-refractivity contribution < 1.29 is 14.2 Å². The molecule has 2 aromatic carbocycles. The molecular formula is C19H23FN2O2. The first-order valence-electron chi connectivity index (χ1n) is 8.08. The topological polar surface area (TPSA) is 53.9 Å². The van der Waals surface area contributed by atoms with Gasteiger partial charge in [-0.1, -0.05) is 36.4 Å². The van der Waals surface area contributed by atoms with E-state index in [0.717, 1.165) is 5.56 Å². The summed E-state index contributed by atoms with van der Waals surface area (Å²) in [6.07, 6.45) is 3.48. The number of anilines is 1. The lowest BCUT2D eigenvalue weighted by Crippen LogP contribution is -2.04. The second-order valence-corrected chi connectivity index (χ2v) is 5.34. The van der Waals surface area contributed by atoms with Gasteiger partial charge < -0.3 is 9.84 Å². The van der Waals surface area contributed by atoms with Crippen LogP contribution in [-0.4, -0.2) is 24.5 Å². The van der Waals surface area contributed by atoms with Gasteiger partial charge in [0.25, 0.3) is 0 Å². The molecule has 0 atom stereocenters. The summed E-state index contributed by atoms with van der Waals surface area (Å²) in [5, 5.41) is 12.8. The minimum atomic E-state index is -0.270. The van der Waals surface area contributed by atoms with E-state index in [0.29, 0.717) is 43.7 Å². The zero-order valence-electron chi connectivity index (χ0n) is 13.6. The molecule has 0 bridgehead atoms. The molecule has 2 rings (SSSR count). The Morgan fingerprint density at radius 2 is 1.96 bits per heavy atom. The molecule has 4 nitrogen and oxygen atoms in total. The standard InChI is InChI=1S/C19H23FN2O2/c20-18-9-6-10-19(22-21-12-4-5-13-23)17(18)11-14-24-15-16-7-2-1-3-8-16/h1-3,6-10,12,22-23H,4-5,11,13-15H2.